The standard InChI is InChI=1S/C19H24F2O/c1-3-22-17-9-8-16(18(20)19(17)21)14-6-4-13(5-7-14)15-10-12(2)11-15/h8-9,13-15H,2-7,10-11H2,1H3. The van der Waals surface area contributed by atoms with E-state index in [-0.39, 0.29) is 11.7 Å². The molecule has 0 saturated heterocycles. The number of benzene rings is 1. The van der Waals surface area contributed by atoms with Gasteiger partial charge in [-0.2, -0.15) is 4.39 Å². The molecule has 2 aliphatic carbocycles. The summed E-state index contributed by atoms with van der Waals surface area (Å²) < 4.78 is 33.4. The molecule has 0 amide bonds. The van der Waals surface area contributed by atoms with Crippen LogP contribution in [-0.4, -0.2) is 6.61 Å². The van der Waals surface area contributed by atoms with Crippen LogP contribution in [0, 0.1) is 23.5 Å². The van der Waals surface area contributed by atoms with Gasteiger partial charge < -0.3 is 4.74 Å². The van der Waals surface area contributed by atoms with Crippen molar-refractivity contribution in [3.63, 3.8) is 0 Å². The second kappa shape index (κ2) is 6.39. The average molecular weight is 306 g/mol. The third-order valence-electron chi connectivity index (χ3n) is 5.36. The highest BCUT2D eigenvalue weighted by Gasteiger charge is 2.34. The Morgan fingerprint density at radius 1 is 1.05 bits per heavy atom. The van der Waals surface area contributed by atoms with E-state index in [1.54, 1.807) is 19.1 Å². The maximum Gasteiger partial charge on any atom is 0.200 e. The molecule has 0 N–H and O–H groups in total. The predicted octanol–water partition coefficient (Wildman–Crippen LogP) is 5.60. The maximum absolute atomic E-state index is 14.3. The summed E-state index contributed by atoms with van der Waals surface area (Å²) in [6, 6.07) is 3.28. The summed E-state index contributed by atoms with van der Waals surface area (Å²) >= 11 is 0. The summed E-state index contributed by atoms with van der Waals surface area (Å²) in [7, 11) is 0. The lowest BCUT2D eigenvalue weighted by Crippen LogP contribution is -2.27. The van der Waals surface area contributed by atoms with Crippen molar-refractivity contribution in [2.75, 3.05) is 6.61 Å². The fourth-order valence-corrected chi connectivity index (χ4v) is 4.05. The van der Waals surface area contributed by atoms with Gasteiger partial charge in [0.25, 0.3) is 0 Å². The van der Waals surface area contributed by atoms with Gasteiger partial charge in [-0.15, -0.1) is 0 Å². The summed E-state index contributed by atoms with van der Waals surface area (Å²) in [6.07, 6.45) is 6.49. The van der Waals surface area contributed by atoms with Crippen molar-refractivity contribution in [2.45, 2.75) is 51.4 Å². The molecule has 1 aromatic rings. The maximum atomic E-state index is 14.3. The topological polar surface area (TPSA) is 9.23 Å². The fourth-order valence-electron chi connectivity index (χ4n) is 4.05. The van der Waals surface area contributed by atoms with Crippen LogP contribution in [0.1, 0.15) is 56.9 Å². The Balaban J connectivity index is 1.66. The van der Waals surface area contributed by atoms with Gasteiger partial charge >= 0.3 is 0 Å². The second-order valence-electron chi connectivity index (χ2n) is 6.74. The Morgan fingerprint density at radius 2 is 1.73 bits per heavy atom. The summed E-state index contributed by atoms with van der Waals surface area (Å²) in [5, 5.41) is 0. The molecule has 0 unspecified atom stereocenters. The highest BCUT2D eigenvalue weighted by Crippen LogP contribution is 2.47. The summed E-state index contributed by atoms with van der Waals surface area (Å²) in [5.41, 5.74) is 1.89. The van der Waals surface area contributed by atoms with Crippen LogP contribution in [0.4, 0.5) is 8.78 Å². The Labute approximate surface area is 131 Å². The van der Waals surface area contributed by atoms with Gasteiger partial charge in [0.05, 0.1) is 6.61 Å². The molecular weight excluding hydrogens is 282 g/mol. The molecule has 2 aliphatic rings. The molecule has 0 bridgehead atoms. The van der Waals surface area contributed by atoms with Gasteiger partial charge in [-0.05, 0) is 74.8 Å². The normalized spacial score (nSPS) is 25.9. The van der Waals surface area contributed by atoms with Crippen molar-refractivity contribution in [1.29, 1.82) is 0 Å². The molecule has 0 aromatic heterocycles. The third-order valence-corrected chi connectivity index (χ3v) is 5.36. The van der Waals surface area contributed by atoms with Crippen LogP contribution >= 0.6 is 0 Å². The molecule has 22 heavy (non-hydrogen) atoms. The first kappa shape index (κ1) is 15.5. The average Bonchev–Trinajstić information content (AvgIpc) is 2.50. The first-order chi connectivity index (χ1) is 10.6. The molecule has 3 heteroatoms. The van der Waals surface area contributed by atoms with Crippen LogP contribution in [0.15, 0.2) is 24.3 Å². The van der Waals surface area contributed by atoms with E-state index in [2.05, 4.69) is 6.58 Å². The molecule has 120 valence electrons. The molecule has 2 fully saturated rings. The Hall–Kier alpha value is -1.38. The molecular formula is C19H24F2O. The first-order valence-corrected chi connectivity index (χ1v) is 8.37. The lowest BCUT2D eigenvalue weighted by molar-refractivity contribution is 0.193. The Kier molecular flexibility index (Phi) is 4.51. The van der Waals surface area contributed by atoms with Gasteiger partial charge in [-0.3, -0.25) is 0 Å². The van der Waals surface area contributed by atoms with E-state index in [0.717, 1.165) is 37.5 Å². The number of hydrogen-bond donors (Lipinski definition) is 0. The second-order valence-corrected chi connectivity index (χ2v) is 6.74. The smallest absolute Gasteiger partial charge is 0.200 e. The number of halogens is 2. The van der Waals surface area contributed by atoms with Gasteiger partial charge in [0.1, 0.15) is 0 Å². The number of hydrogen-bond acceptors (Lipinski definition) is 1. The number of ether oxygens (including phenoxy) is 1. The summed E-state index contributed by atoms with van der Waals surface area (Å²) in [5.74, 6) is 0.144. The quantitative estimate of drug-likeness (QED) is 0.658. The molecule has 3 rings (SSSR count). The molecule has 2 saturated carbocycles. The lowest BCUT2D eigenvalue weighted by atomic mass is 9.66. The van der Waals surface area contributed by atoms with Crippen LogP contribution in [0.5, 0.6) is 5.75 Å². The van der Waals surface area contributed by atoms with Gasteiger partial charge in [0.15, 0.2) is 11.6 Å². The van der Waals surface area contributed by atoms with Crippen molar-refractivity contribution in [3.05, 3.63) is 41.5 Å². The first-order valence-electron chi connectivity index (χ1n) is 8.37. The molecule has 0 spiro atoms. The van der Waals surface area contributed by atoms with E-state index in [1.807, 2.05) is 0 Å². The van der Waals surface area contributed by atoms with E-state index >= 15 is 0 Å². The fraction of sp³-hybridized carbons (Fsp3) is 0.579. The van der Waals surface area contributed by atoms with Gasteiger partial charge in [0.2, 0.25) is 5.82 Å². The van der Waals surface area contributed by atoms with Crippen LogP contribution in [0.25, 0.3) is 0 Å². The van der Waals surface area contributed by atoms with Gasteiger partial charge in [-0.25, -0.2) is 4.39 Å². The zero-order chi connectivity index (χ0) is 15.7. The Morgan fingerprint density at radius 3 is 2.32 bits per heavy atom. The highest BCUT2D eigenvalue weighted by atomic mass is 19.2. The van der Waals surface area contributed by atoms with Crippen molar-refractivity contribution < 1.29 is 13.5 Å². The van der Waals surface area contributed by atoms with Crippen LogP contribution in [0.3, 0.4) is 0 Å². The van der Waals surface area contributed by atoms with Crippen LogP contribution in [0.2, 0.25) is 0 Å². The van der Waals surface area contributed by atoms with Crippen molar-refractivity contribution in [2.24, 2.45) is 11.8 Å². The highest BCUT2D eigenvalue weighted by molar-refractivity contribution is 5.33. The monoisotopic (exact) mass is 306 g/mol. The largest absolute Gasteiger partial charge is 0.491 e. The predicted molar refractivity (Wildman–Crippen MR) is 84.1 cm³/mol. The third kappa shape index (κ3) is 2.90. The summed E-state index contributed by atoms with van der Waals surface area (Å²) in [6.45, 7) is 6.12. The van der Waals surface area contributed by atoms with E-state index in [0.29, 0.717) is 12.2 Å². The zero-order valence-corrected chi connectivity index (χ0v) is 13.2. The minimum atomic E-state index is -0.836. The molecule has 0 radical (unpaired) electrons. The van der Waals surface area contributed by atoms with Gasteiger partial charge in [-0.1, -0.05) is 18.2 Å². The van der Waals surface area contributed by atoms with Crippen molar-refractivity contribution >= 4 is 0 Å². The van der Waals surface area contributed by atoms with Crippen LogP contribution in [-0.2, 0) is 0 Å². The van der Waals surface area contributed by atoms with E-state index in [1.165, 1.54) is 18.4 Å². The number of rotatable bonds is 4. The lowest BCUT2D eigenvalue weighted by Gasteiger charge is -2.39. The van der Waals surface area contributed by atoms with E-state index in [9.17, 15) is 8.78 Å². The molecule has 0 aliphatic heterocycles. The minimum absolute atomic E-state index is 0.0189. The van der Waals surface area contributed by atoms with E-state index in [4.69, 9.17) is 4.74 Å². The van der Waals surface area contributed by atoms with Crippen molar-refractivity contribution in [1.82, 2.24) is 0 Å². The zero-order valence-electron chi connectivity index (χ0n) is 13.2. The van der Waals surface area contributed by atoms with Crippen LogP contribution < -0.4 is 4.74 Å². The van der Waals surface area contributed by atoms with Gasteiger partial charge in [0, 0.05) is 0 Å². The number of allylic oxidation sites excluding steroid dienone is 1. The molecule has 0 atom stereocenters. The molecule has 0 heterocycles. The Bertz CT molecular complexity index is 551. The molecule has 1 aromatic carbocycles. The van der Waals surface area contributed by atoms with E-state index < -0.39 is 11.6 Å². The summed E-state index contributed by atoms with van der Waals surface area (Å²) in [4.78, 5) is 0. The van der Waals surface area contributed by atoms with Crippen molar-refractivity contribution in [3.8, 4) is 5.75 Å². The minimum Gasteiger partial charge on any atom is -0.491 e. The molecule has 1 nitrogen and oxygen atoms in total. The SMILES string of the molecule is C=C1CC(C2CCC(c3ccc(OCC)c(F)c3F)CC2)C1.